The molecule has 2 amide bonds. The number of morpholine rings is 1. The van der Waals surface area contributed by atoms with Crippen molar-refractivity contribution in [3.05, 3.63) is 41.3 Å². The van der Waals surface area contributed by atoms with Gasteiger partial charge in [-0.25, -0.2) is 14.2 Å². The van der Waals surface area contributed by atoms with Gasteiger partial charge in [0.05, 0.1) is 13.2 Å². The van der Waals surface area contributed by atoms with E-state index in [1.54, 1.807) is 19.1 Å². The standard InChI is InChI=1S/C19H25FN6O2/c1-13-3-4-15(12-16(13)20)24-19(27)22-6-5-21-18-23-14(2)11-17(25-18)26-7-9-28-10-8-26/h3-4,11-12H,5-10H2,1-2H3,(H,21,23,25)(H2,22,24,27). The maximum Gasteiger partial charge on any atom is 0.319 e. The van der Waals surface area contributed by atoms with Crippen molar-refractivity contribution >= 4 is 23.5 Å². The lowest BCUT2D eigenvalue weighted by atomic mass is 10.2. The maximum absolute atomic E-state index is 13.5. The summed E-state index contributed by atoms with van der Waals surface area (Å²) in [6, 6.07) is 6.12. The molecule has 0 atom stereocenters. The summed E-state index contributed by atoms with van der Waals surface area (Å²) in [5, 5.41) is 8.43. The van der Waals surface area contributed by atoms with E-state index in [0.29, 0.717) is 43.5 Å². The Morgan fingerprint density at radius 3 is 2.71 bits per heavy atom. The fourth-order valence-electron chi connectivity index (χ4n) is 2.78. The summed E-state index contributed by atoms with van der Waals surface area (Å²) >= 11 is 0. The van der Waals surface area contributed by atoms with E-state index in [-0.39, 0.29) is 5.82 Å². The second kappa shape index (κ2) is 9.32. The molecule has 150 valence electrons. The number of amides is 2. The van der Waals surface area contributed by atoms with Crippen molar-refractivity contribution in [3.63, 3.8) is 0 Å². The summed E-state index contributed by atoms with van der Waals surface area (Å²) in [7, 11) is 0. The van der Waals surface area contributed by atoms with Crippen LogP contribution in [0.2, 0.25) is 0 Å². The van der Waals surface area contributed by atoms with E-state index < -0.39 is 6.03 Å². The van der Waals surface area contributed by atoms with Crippen LogP contribution in [0.4, 0.5) is 26.6 Å². The Morgan fingerprint density at radius 2 is 1.96 bits per heavy atom. The molecule has 9 heteroatoms. The third-order valence-corrected chi connectivity index (χ3v) is 4.30. The van der Waals surface area contributed by atoms with Gasteiger partial charge in [-0.2, -0.15) is 4.98 Å². The van der Waals surface area contributed by atoms with Crippen LogP contribution in [-0.2, 0) is 4.74 Å². The molecule has 0 unspecified atom stereocenters. The van der Waals surface area contributed by atoms with E-state index >= 15 is 0 Å². The van der Waals surface area contributed by atoms with Crippen LogP contribution in [0.3, 0.4) is 0 Å². The SMILES string of the molecule is Cc1cc(N2CCOCC2)nc(NCCNC(=O)Nc2ccc(C)c(F)c2)n1. The molecule has 0 aliphatic carbocycles. The summed E-state index contributed by atoms with van der Waals surface area (Å²) in [6.45, 7) is 7.40. The van der Waals surface area contributed by atoms with Crippen LogP contribution in [0.1, 0.15) is 11.3 Å². The Bertz CT molecular complexity index is 826. The number of hydrogen-bond acceptors (Lipinski definition) is 6. The van der Waals surface area contributed by atoms with Gasteiger partial charge in [0.1, 0.15) is 11.6 Å². The fraction of sp³-hybridized carbons (Fsp3) is 0.421. The maximum atomic E-state index is 13.5. The van der Waals surface area contributed by atoms with Gasteiger partial charge < -0.3 is 25.6 Å². The van der Waals surface area contributed by atoms with E-state index in [2.05, 4.69) is 30.8 Å². The van der Waals surface area contributed by atoms with Gasteiger partial charge in [-0.3, -0.25) is 0 Å². The van der Waals surface area contributed by atoms with Crippen LogP contribution in [-0.4, -0.2) is 55.4 Å². The summed E-state index contributed by atoms with van der Waals surface area (Å²) < 4.78 is 18.9. The summed E-state index contributed by atoms with van der Waals surface area (Å²) in [5.74, 6) is 1.03. The quantitative estimate of drug-likeness (QED) is 0.658. The Kier molecular flexibility index (Phi) is 6.59. The second-order valence-electron chi connectivity index (χ2n) is 6.56. The number of benzene rings is 1. The van der Waals surface area contributed by atoms with E-state index in [1.807, 2.05) is 13.0 Å². The molecule has 3 rings (SSSR count). The molecule has 1 aromatic carbocycles. The minimum Gasteiger partial charge on any atom is -0.378 e. The van der Waals surface area contributed by atoms with Crippen molar-refractivity contribution in [3.8, 4) is 0 Å². The largest absolute Gasteiger partial charge is 0.378 e. The predicted molar refractivity (Wildman–Crippen MR) is 106 cm³/mol. The second-order valence-corrected chi connectivity index (χ2v) is 6.56. The molecule has 2 heterocycles. The molecule has 2 aromatic rings. The number of halogens is 1. The number of hydrogen-bond donors (Lipinski definition) is 3. The van der Waals surface area contributed by atoms with Gasteiger partial charge in [0, 0.05) is 43.6 Å². The Labute approximate surface area is 163 Å². The molecule has 1 aromatic heterocycles. The average Bonchev–Trinajstić information content (AvgIpc) is 2.68. The van der Waals surface area contributed by atoms with E-state index in [4.69, 9.17) is 4.74 Å². The molecule has 1 aliphatic heterocycles. The number of ether oxygens (including phenoxy) is 1. The third-order valence-electron chi connectivity index (χ3n) is 4.30. The Balaban J connectivity index is 1.46. The fourth-order valence-corrected chi connectivity index (χ4v) is 2.78. The van der Waals surface area contributed by atoms with Gasteiger partial charge in [0.2, 0.25) is 5.95 Å². The number of nitrogens with one attached hydrogen (secondary N) is 3. The van der Waals surface area contributed by atoms with Crippen molar-refractivity contribution in [1.29, 1.82) is 0 Å². The first-order chi connectivity index (χ1) is 13.5. The molecular formula is C19H25FN6O2. The molecule has 0 saturated carbocycles. The van der Waals surface area contributed by atoms with Crippen LogP contribution in [0.5, 0.6) is 0 Å². The lowest BCUT2D eigenvalue weighted by Crippen LogP contribution is -2.37. The first-order valence-electron chi connectivity index (χ1n) is 9.24. The van der Waals surface area contributed by atoms with Crippen LogP contribution in [0.15, 0.2) is 24.3 Å². The third kappa shape index (κ3) is 5.53. The van der Waals surface area contributed by atoms with Crippen molar-refractivity contribution in [2.24, 2.45) is 0 Å². The molecule has 1 fully saturated rings. The first-order valence-corrected chi connectivity index (χ1v) is 9.24. The van der Waals surface area contributed by atoms with Crippen molar-refractivity contribution < 1.29 is 13.9 Å². The van der Waals surface area contributed by atoms with Crippen LogP contribution in [0.25, 0.3) is 0 Å². The van der Waals surface area contributed by atoms with E-state index in [9.17, 15) is 9.18 Å². The summed E-state index contributed by atoms with van der Waals surface area (Å²) in [5.41, 5.74) is 1.81. The molecular weight excluding hydrogens is 363 g/mol. The number of carbonyl (C=O) groups is 1. The summed E-state index contributed by atoms with van der Waals surface area (Å²) in [6.07, 6.45) is 0. The van der Waals surface area contributed by atoms with Gasteiger partial charge >= 0.3 is 6.03 Å². The number of rotatable bonds is 6. The molecule has 0 bridgehead atoms. The molecule has 8 nitrogen and oxygen atoms in total. The first kappa shape index (κ1) is 19.8. The molecule has 28 heavy (non-hydrogen) atoms. The monoisotopic (exact) mass is 388 g/mol. The zero-order valence-electron chi connectivity index (χ0n) is 16.1. The normalized spacial score (nSPS) is 13.9. The zero-order valence-corrected chi connectivity index (χ0v) is 16.1. The van der Waals surface area contributed by atoms with Gasteiger partial charge in [-0.05, 0) is 31.5 Å². The highest BCUT2D eigenvalue weighted by molar-refractivity contribution is 5.89. The highest BCUT2D eigenvalue weighted by Gasteiger charge is 2.14. The predicted octanol–water partition coefficient (Wildman–Crippen LogP) is 2.30. The van der Waals surface area contributed by atoms with Gasteiger partial charge in [-0.15, -0.1) is 0 Å². The molecule has 0 spiro atoms. The van der Waals surface area contributed by atoms with Crippen LogP contribution in [0, 0.1) is 19.7 Å². The lowest BCUT2D eigenvalue weighted by molar-refractivity contribution is 0.122. The smallest absolute Gasteiger partial charge is 0.319 e. The minimum absolute atomic E-state index is 0.355. The lowest BCUT2D eigenvalue weighted by Gasteiger charge is -2.28. The van der Waals surface area contributed by atoms with Gasteiger partial charge in [-0.1, -0.05) is 6.07 Å². The number of urea groups is 1. The van der Waals surface area contributed by atoms with E-state index in [0.717, 1.165) is 24.6 Å². The number of aromatic nitrogens is 2. The number of nitrogens with zero attached hydrogens (tertiary/aromatic N) is 3. The van der Waals surface area contributed by atoms with Gasteiger partial charge in [0.25, 0.3) is 0 Å². The van der Waals surface area contributed by atoms with Crippen molar-refractivity contribution in [2.75, 3.05) is 54.9 Å². The molecule has 3 N–H and O–H groups in total. The Morgan fingerprint density at radius 1 is 1.18 bits per heavy atom. The van der Waals surface area contributed by atoms with Crippen LogP contribution >= 0.6 is 0 Å². The zero-order chi connectivity index (χ0) is 19.9. The average molecular weight is 388 g/mol. The highest BCUT2D eigenvalue weighted by Crippen LogP contribution is 2.16. The van der Waals surface area contributed by atoms with Crippen molar-refractivity contribution in [1.82, 2.24) is 15.3 Å². The number of anilines is 3. The highest BCUT2D eigenvalue weighted by atomic mass is 19.1. The number of carbonyl (C=O) groups excluding carboxylic acids is 1. The summed E-state index contributed by atoms with van der Waals surface area (Å²) in [4.78, 5) is 23.0. The van der Waals surface area contributed by atoms with Gasteiger partial charge in [0.15, 0.2) is 0 Å². The van der Waals surface area contributed by atoms with E-state index in [1.165, 1.54) is 6.07 Å². The number of aryl methyl sites for hydroxylation is 2. The topological polar surface area (TPSA) is 91.4 Å². The van der Waals surface area contributed by atoms with Crippen LogP contribution < -0.4 is 20.9 Å². The van der Waals surface area contributed by atoms with Crippen molar-refractivity contribution in [2.45, 2.75) is 13.8 Å². The minimum atomic E-state index is -0.399. The molecule has 1 aliphatic rings. The Hall–Kier alpha value is -2.94. The molecule has 1 saturated heterocycles. The molecule has 0 radical (unpaired) electrons.